The Labute approximate surface area is 167 Å². The second-order valence-electron chi connectivity index (χ2n) is 5.97. The summed E-state index contributed by atoms with van der Waals surface area (Å²) in [5.41, 5.74) is 3.74. The van der Waals surface area contributed by atoms with Crippen molar-refractivity contribution in [1.29, 1.82) is 0 Å². The Morgan fingerprint density at radius 3 is 1.85 bits per heavy atom. The first-order valence-electron chi connectivity index (χ1n) is 10.7. The molecule has 0 aliphatic rings. The number of fused-ring (bicyclic) bond motifs is 3. The zero-order chi connectivity index (χ0) is 21.9. The topological polar surface area (TPSA) is 13.1 Å². The third-order valence-corrected chi connectivity index (χ3v) is 4.98. The van der Waals surface area contributed by atoms with Crippen LogP contribution in [0.1, 0.15) is 6.85 Å². The smallest absolute Gasteiger partial charge is 0.143 e. The molecule has 5 aromatic rings. The highest BCUT2D eigenvalue weighted by molar-refractivity contribution is 9.10. The minimum absolute atomic E-state index is 0.140. The van der Waals surface area contributed by atoms with Gasteiger partial charge in [-0.25, -0.2) is 0 Å². The molecule has 0 amide bonds. The lowest BCUT2D eigenvalue weighted by Gasteiger charge is -2.03. The second kappa shape index (κ2) is 6.15. The number of benzene rings is 4. The van der Waals surface area contributed by atoms with Gasteiger partial charge in [-0.15, -0.1) is 0 Å². The van der Waals surface area contributed by atoms with E-state index in [9.17, 15) is 0 Å². The van der Waals surface area contributed by atoms with Gasteiger partial charge in [-0.1, -0.05) is 94.7 Å². The highest BCUT2D eigenvalue weighted by atomic mass is 79.9. The van der Waals surface area contributed by atoms with Gasteiger partial charge in [0, 0.05) is 26.4 Å². The lowest BCUT2D eigenvalue weighted by Crippen LogP contribution is -1.78. The van der Waals surface area contributed by atoms with Crippen LogP contribution in [0.3, 0.4) is 0 Å². The summed E-state index contributed by atoms with van der Waals surface area (Å²) in [4.78, 5) is 0. The quantitative estimate of drug-likeness (QED) is 0.294. The molecule has 0 spiro atoms. The Morgan fingerprint density at radius 1 is 0.654 bits per heavy atom. The van der Waals surface area contributed by atoms with Gasteiger partial charge in [0.15, 0.2) is 0 Å². The number of hydrogen-bond acceptors (Lipinski definition) is 1. The fraction of sp³-hybridized carbons (Fsp3) is 0. The fourth-order valence-corrected chi connectivity index (χ4v) is 3.52. The Morgan fingerprint density at radius 2 is 1.23 bits per heavy atom. The Bertz CT molecular complexity index is 1460. The molecular formula is C24H15BrO. The minimum atomic E-state index is -0.409. The molecule has 0 aliphatic heterocycles. The average Bonchev–Trinajstić information content (AvgIpc) is 3.17. The van der Waals surface area contributed by atoms with Gasteiger partial charge in [-0.2, -0.15) is 0 Å². The molecule has 0 saturated carbocycles. The molecule has 0 fully saturated rings. The molecule has 0 aliphatic carbocycles. The third-order valence-electron chi connectivity index (χ3n) is 4.45. The van der Waals surface area contributed by atoms with Crippen molar-refractivity contribution in [2.75, 3.05) is 0 Å². The molecule has 0 bridgehead atoms. The summed E-state index contributed by atoms with van der Waals surface area (Å²) in [6.45, 7) is 0. The standard InChI is InChI=1S/C24H15BrO/c25-18-14-12-17(13-15-18)20-9-5-11-22-21-10-4-8-19(23(21)26-24(20)22)16-6-2-1-3-7-16/h1-15H/i1D,2D,3D,6D,7D. The van der Waals surface area contributed by atoms with Crippen LogP contribution in [0.2, 0.25) is 0 Å². The predicted octanol–water partition coefficient (Wildman–Crippen LogP) is 7.68. The highest BCUT2D eigenvalue weighted by Gasteiger charge is 2.15. The highest BCUT2D eigenvalue weighted by Crippen LogP contribution is 2.39. The van der Waals surface area contributed by atoms with Crippen molar-refractivity contribution in [3.63, 3.8) is 0 Å². The Balaban J connectivity index is 1.85. The molecular weight excluding hydrogens is 384 g/mol. The fourth-order valence-electron chi connectivity index (χ4n) is 3.26. The van der Waals surface area contributed by atoms with Crippen molar-refractivity contribution in [2.24, 2.45) is 0 Å². The molecule has 1 aromatic heterocycles. The summed E-state index contributed by atoms with van der Waals surface area (Å²) < 4.78 is 47.9. The first kappa shape index (κ1) is 11.0. The van der Waals surface area contributed by atoms with Crippen LogP contribution in [0.25, 0.3) is 44.2 Å². The van der Waals surface area contributed by atoms with Crippen molar-refractivity contribution in [3.8, 4) is 22.3 Å². The average molecular weight is 404 g/mol. The van der Waals surface area contributed by atoms with E-state index in [1.54, 1.807) is 6.07 Å². The summed E-state index contributed by atoms with van der Waals surface area (Å²) in [6.07, 6.45) is 0. The van der Waals surface area contributed by atoms with Crippen LogP contribution in [0.15, 0.2) is 99.8 Å². The van der Waals surface area contributed by atoms with Crippen LogP contribution >= 0.6 is 15.9 Å². The van der Waals surface area contributed by atoms with Gasteiger partial charge in [0.2, 0.25) is 0 Å². The summed E-state index contributed by atoms with van der Waals surface area (Å²) in [5.74, 6) is 0. The SMILES string of the molecule is [2H]c1c([2H])c([2H])c(-c2cccc3c2oc2c(-c4ccc(Br)cc4)cccc23)c([2H])c1[2H]. The summed E-state index contributed by atoms with van der Waals surface area (Å²) in [7, 11) is 0. The summed E-state index contributed by atoms with van der Waals surface area (Å²) >= 11 is 3.46. The molecule has 26 heavy (non-hydrogen) atoms. The van der Waals surface area contributed by atoms with Gasteiger partial charge in [0.25, 0.3) is 0 Å². The zero-order valence-electron chi connectivity index (χ0n) is 18.6. The van der Waals surface area contributed by atoms with Gasteiger partial charge in [0.05, 0.1) is 6.85 Å². The zero-order valence-corrected chi connectivity index (χ0v) is 15.1. The molecule has 4 aromatic carbocycles. The lowest BCUT2D eigenvalue weighted by molar-refractivity contribution is 0.671. The van der Waals surface area contributed by atoms with Gasteiger partial charge in [0.1, 0.15) is 11.2 Å². The molecule has 1 heterocycles. The van der Waals surface area contributed by atoms with E-state index in [0.717, 1.165) is 26.4 Å². The molecule has 0 radical (unpaired) electrons. The number of hydrogen-bond donors (Lipinski definition) is 0. The molecule has 2 heteroatoms. The van der Waals surface area contributed by atoms with Crippen molar-refractivity contribution in [2.45, 2.75) is 0 Å². The van der Waals surface area contributed by atoms with Crippen LogP contribution in [-0.4, -0.2) is 0 Å². The number of rotatable bonds is 2. The van der Waals surface area contributed by atoms with Crippen molar-refractivity contribution >= 4 is 37.9 Å². The maximum atomic E-state index is 8.36. The van der Waals surface area contributed by atoms with E-state index >= 15 is 0 Å². The van der Waals surface area contributed by atoms with E-state index in [-0.39, 0.29) is 29.7 Å². The number of halogens is 1. The first-order chi connectivity index (χ1) is 14.9. The van der Waals surface area contributed by atoms with E-state index < -0.39 is 6.04 Å². The third kappa shape index (κ3) is 2.46. The number of furan rings is 1. The van der Waals surface area contributed by atoms with Crippen molar-refractivity contribution in [1.82, 2.24) is 0 Å². The lowest BCUT2D eigenvalue weighted by atomic mass is 10.0. The van der Waals surface area contributed by atoms with Crippen molar-refractivity contribution < 1.29 is 11.3 Å². The first-order valence-corrected chi connectivity index (χ1v) is 8.95. The van der Waals surface area contributed by atoms with E-state index in [0.29, 0.717) is 16.7 Å². The maximum absolute atomic E-state index is 8.36. The second-order valence-corrected chi connectivity index (χ2v) is 6.89. The van der Waals surface area contributed by atoms with E-state index in [1.807, 2.05) is 54.6 Å². The van der Waals surface area contributed by atoms with Crippen LogP contribution in [0.4, 0.5) is 0 Å². The van der Waals surface area contributed by atoms with E-state index in [2.05, 4.69) is 15.9 Å². The normalized spacial score (nSPS) is 14.0. The molecule has 1 nitrogen and oxygen atoms in total. The van der Waals surface area contributed by atoms with Crippen LogP contribution in [-0.2, 0) is 0 Å². The van der Waals surface area contributed by atoms with Crippen molar-refractivity contribution in [3.05, 3.63) is 95.3 Å². The summed E-state index contributed by atoms with van der Waals surface area (Å²) in [5, 5.41) is 1.74. The molecule has 0 saturated heterocycles. The maximum Gasteiger partial charge on any atom is 0.143 e. The Kier molecular flexibility index (Phi) is 2.60. The number of para-hydroxylation sites is 2. The molecule has 0 unspecified atom stereocenters. The summed E-state index contributed by atoms with van der Waals surface area (Å²) in [6, 6.07) is 17.7. The monoisotopic (exact) mass is 403 g/mol. The molecule has 0 N–H and O–H groups in total. The van der Waals surface area contributed by atoms with Gasteiger partial charge < -0.3 is 4.42 Å². The van der Waals surface area contributed by atoms with Gasteiger partial charge >= 0.3 is 0 Å². The molecule has 0 atom stereocenters. The van der Waals surface area contributed by atoms with Gasteiger partial charge in [-0.3, -0.25) is 0 Å². The van der Waals surface area contributed by atoms with Crippen LogP contribution in [0.5, 0.6) is 0 Å². The van der Waals surface area contributed by atoms with Gasteiger partial charge in [-0.05, 0) is 23.3 Å². The van der Waals surface area contributed by atoms with Crippen LogP contribution in [0, 0.1) is 0 Å². The van der Waals surface area contributed by atoms with E-state index in [1.165, 1.54) is 0 Å². The molecule has 5 rings (SSSR count). The largest absolute Gasteiger partial charge is 0.455 e. The van der Waals surface area contributed by atoms with Crippen LogP contribution < -0.4 is 0 Å². The predicted molar refractivity (Wildman–Crippen MR) is 112 cm³/mol. The molecule has 124 valence electrons. The van der Waals surface area contributed by atoms with E-state index in [4.69, 9.17) is 11.3 Å². The Hall–Kier alpha value is -2.84. The minimum Gasteiger partial charge on any atom is -0.455 e.